The maximum atomic E-state index is 7.07. The minimum absolute atomic E-state index is 0. The van der Waals surface area contributed by atoms with Gasteiger partial charge in [-0.05, 0) is 65.0 Å². The van der Waals surface area contributed by atoms with Gasteiger partial charge in [-0.1, -0.05) is 126 Å². The largest absolute Gasteiger partial charge is 0.510 e. The summed E-state index contributed by atoms with van der Waals surface area (Å²) in [7, 11) is 2.01. The number of hydrogen-bond acceptors (Lipinski definition) is 7. The number of rotatable bonds is 7. The smallest absolute Gasteiger partial charge is 0.162 e. The zero-order chi connectivity index (χ0) is 40.2. The topological polar surface area (TPSA) is 72.2 Å². The molecule has 59 heavy (non-hydrogen) atoms. The Morgan fingerprint density at radius 1 is 0.627 bits per heavy atom. The Balaban J connectivity index is 0.00000484. The summed E-state index contributed by atoms with van der Waals surface area (Å²) in [6, 6.07) is 46.4. The van der Waals surface area contributed by atoms with E-state index in [4.69, 9.17) is 24.7 Å². The molecule has 9 heteroatoms. The average molecular weight is 954 g/mol. The van der Waals surface area contributed by atoms with Crippen LogP contribution >= 0.6 is 0 Å². The molecular formula is C50H44N7OPt-3. The molecule has 0 radical (unpaired) electrons. The number of ether oxygens (including phenoxy) is 1. The number of nitrogens with zero attached hydrogens (tertiary/aromatic N) is 7. The Morgan fingerprint density at radius 2 is 1.27 bits per heavy atom. The second-order valence-corrected chi connectivity index (χ2v) is 16.8. The first kappa shape index (κ1) is 39.7. The van der Waals surface area contributed by atoms with E-state index in [1.807, 2.05) is 121 Å². The summed E-state index contributed by atoms with van der Waals surface area (Å²) in [5.74, 6) is 3.38. The van der Waals surface area contributed by atoms with Gasteiger partial charge in [0.2, 0.25) is 0 Å². The third kappa shape index (κ3) is 7.90. The molecule has 0 N–H and O–H groups in total. The number of pyridine rings is 1. The fourth-order valence-electron chi connectivity index (χ4n) is 7.19. The summed E-state index contributed by atoms with van der Waals surface area (Å²) in [5.41, 5.74) is 7.21. The fourth-order valence-corrected chi connectivity index (χ4v) is 7.19. The molecule has 9 rings (SSSR count). The molecule has 5 aromatic carbocycles. The molecule has 0 fully saturated rings. The van der Waals surface area contributed by atoms with Gasteiger partial charge >= 0.3 is 0 Å². The van der Waals surface area contributed by atoms with Crippen LogP contribution in [0.15, 0.2) is 134 Å². The van der Waals surface area contributed by atoms with Gasteiger partial charge in [-0.2, -0.15) is 6.67 Å². The molecule has 0 atom stereocenters. The van der Waals surface area contributed by atoms with E-state index < -0.39 is 0 Å². The average Bonchev–Trinajstić information content (AvgIpc) is 3.81. The molecule has 0 spiro atoms. The Bertz CT molecular complexity index is 2770. The van der Waals surface area contributed by atoms with Crippen LogP contribution in [0.25, 0.3) is 61.8 Å². The maximum absolute atomic E-state index is 7.07. The minimum atomic E-state index is -0.173. The van der Waals surface area contributed by atoms with Crippen LogP contribution in [0.1, 0.15) is 52.7 Å². The van der Waals surface area contributed by atoms with E-state index in [1.165, 1.54) is 5.56 Å². The summed E-state index contributed by atoms with van der Waals surface area (Å²) >= 11 is 0. The van der Waals surface area contributed by atoms with E-state index in [0.717, 1.165) is 50.0 Å². The van der Waals surface area contributed by atoms with Gasteiger partial charge < -0.3 is 19.1 Å². The van der Waals surface area contributed by atoms with Crippen LogP contribution in [0.2, 0.25) is 0 Å². The van der Waals surface area contributed by atoms with Crippen molar-refractivity contribution in [1.29, 1.82) is 0 Å². The molecule has 0 bridgehead atoms. The van der Waals surface area contributed by atoms with Crippen molar-refractivity contribution in [3.8, 4) is 51.5 Å². The summed E-state index contributed by atoms with van der Waals surface area (Å²) in [5, 5.41) is 2.05. The van der Waals surface area contributed by atoms with Crippen LogP contribution in [0.5, 0.6) is 11.5 Å². The van der Waals surface area contributed by atoms with Crippen molar-refractivity contribution in [2.45, 2.75) is 52.4 Å². The number of aromatic nitrogens is 5. The third-order valence-electron chi connectivity index (χ3n) is 10.4. The number of benzene rings is 5. The van der Waals surface area contributed by atoms with E-state index in [-0.39, 0.29) is 31.9 Å². The standard InChI is InChI=1S/C50H44N7O.Pt/c1-49(2,3)35-21-22-42-39(28-35)40-30-41(48-53-46(33-16-10-8-11-17-33)52-47(54-48)34-18-12-9-13-19-34)44(31-43(40)57(42)45-20-14-15-23-51-45)58-38-27-36(50(4,5)6)26-37(29-38)56-25-24-55(7)32-56;/h8-28,30,32H,1-7H3;/q-3;. The number of hydrogen-bond donors (Lipinski definition) is 0. The van der Waals surface area contributed by atoms with Crippen molar-refractivity contribution >= 4 is 27.5 Å². The molecule has 1 aliphatic heterocycles. The van der Waals surface area contributed by atoms with Gasteiger partial charge in [-0.15, -0.1) is 47.0 Å². The third-order valence-corrected chi connectivity index (χ3v) is 10.4. The van der Waals surface area contributed by atoms with Crippen LogP contribution in [-0.2, 0) is 31.9 Å². The van der Waals surface area contributed by atoms with Crippen LogP contribution in [0.3, 0.4) is 0 Å². The normalized spacial score (nSPS) is 13.0. The van der Waals surface area contributed by atoms with Gasteiger partial charge in [0.05, 0.1) is 0 Å². The molecule has 4 heterocycles. The SMILES string of the molecule is CN1C=CN(c2[c-]c(Oc3[c-]c4c(cc3-c3nc(-c5ccccc5)nc(-c5ccccc5)n3)c3cc(C(C)(C)C)ccc3n4-c3ccccn3)cc(C(C)(C)C)c2)[CH-]1.[Pt]. The van der Waals surface area contributed by atoms with Crippen LogP contribution in [0, 0.1) is 18.8 Å². The Labute approximate surface area is 360 Å². The molecule has 298 valence electrons. The molecule has 0 aliphatic carbocycles. The van der Waals surface area contributed by atoms with Gasteiger partial charge in [-0.25, -0.2) is 19.9 Å². The number of fused-ring (bicyclic) bond motifs is 3. The predicted molar refractivity (Wildman–Crippen MR) is 234 cm³/mol. The van der Waals surface area contributed by atoms with Crippen LogP contribution in [-0.4, -0.2) is 36.5 Å². The summed E-state index contributed by atoms with van der Waals surface area (Å²) < 4.78 is 9.23. The molecule has 3 aromatic heterocycles. The first-order chi connectivity index (χ1) is 27.9. The zero-order valence-electron chi connectivity index (χ0n) is 34.1. The van der Waals surface area contributed by atoms with Crippen molar-refractivity contribution in [3.63, 3.8) is 0 Å². The van der Waals surface area contributed by atoms with E-state index in [2.05, 4.69) is 94.6 Å². The first-order valence-corrected chi connectivity index (χ1v) is 19.5. The second kappa shape index (κ2) is 15.6. The van der Waals surface area contributed by atoms with Gasteiger partial charge in [0, 0.05) is 55.4 Å². The van der Waals surface area contributed by atoms with Crippen molar-refractivity contribution in [1.82, 2.24) is 29.4 Å². The van der Waals surface area contributed by atoms with Gasteiger partial charge in [0.25, 0.3) is 0 Å². The van der Waals surface area contributed by atoms with Crippen molar-refractivity contribution < 1.29 is 25.8 Å². The van der Waals surface area contributed by atoms with Gasteiger partial charge in [0.1, 0.15) is 11.6 Å². The molecule has 1 aliphatic rings. The molecular weight excluding hydrogens is 910 g/mol. The van der Waals surface area contributed by atoms with Gasteiger partial charge in [0.15, 0.2) is 11.6 Å². The molecule has 0 saturated carbocycles. The Kier molecular flexibility index (Phi) is 10.5. The maximum Gasteiger partial charge on any atom is 0.162 e. The zero-order valence-corrected chi connectivity index (χ0v) is 36.4. The second-order valence-electron chi connectivity index (χ2n) is 16.8. The quantitative estimate of drug-likeness (QED) is 0.147. The Hall–Kier alpha value is -6.11. The summed E-state index contributed by atoms with van der Waals surface area (Å²) in [4.78, 5) is 24.2. The molecule has 8 aromatic rings. The summed E-state index contributed by atoms with van der Waals surface area (Å²) in [6.45, 7) is 15.3. The van der Waals surface area contributed by atoms with Crippen molar-refractivity contribution in [2.75, 3.05) is 11.9 Å². The fraction of sp³-hybridized carbons (Fsp3) is 0.180. The summed E-state index contributed by atoms with van der Waals surface area (Å²) in [6.07, 6.45) is 5.85. The predicted octanol–water partition coefficient (Wildman–Crippen LogP) is 11.7. The van der Waals surface area contributed by atoms with Crippen LogP contribution in [0.4, 0.5) is 5.69 Å². The van der Waals surface area contributed by atoms with Crippen LogP contribution < -0.4 is 9.64 Å². The van der Waals surface area contributed by atoms with E-state index in [0.29, 0.717) is 34.5 Å². The molecule has 0 amide bonds. The molecule has 0 saturated heterocycles. The van der Waals surface area contributed by atoms with Crippen molar-refractivity contribution in [3.05, 3.63) is 164 Å². The Morgan fingerprint density at radius 3 is 1.86 bits per heavy atom. The van der Waals surface area contributed by atoms with Crippen molar-refractivity contribution in [2.24, 2.45) is 0 Å². The molecule has 0 unspecified atom stereocenters. The minimum Gasteiger partial charge on any atom is -0.510 e. The van der Waals surface area contributed by atoms with E-state index in [1.54, 1.807) is 0 Å². The van der Waals surface area contributed by atoms with Gasteiger partial charge in [-0.3, -0.25) is 0 Å². The van der Waals surface area contributed by atoms with E-state index in [9.17, 15) is 0 Å². The molecule has 8 nitrogen and oxygen atoms in total. The first-order valence-electron chi connectivity index (χ1n) is 19.5. The van der Waals surface area contributed by atoms with E-state index >= 15 is 0 Å². The number of anilines is 1. The monoisotopic (exact) mass is 953 g/mol.